The van der Waals surface area contributed by atoms with E-state index in [0.29, 0.717) is 6.54 Å². The second-order valence-corrected chi connectivity index (χ2v) is 14.1. The molecule has 0 spiro atoms. The summed E-state index contributed by atoms with van der Waals surface area (Å²) in [4.78, 5) is 14.4. The summed E-state index contributed by atoms with van der Waals surface area (Å²) >= 11 is 1.67. The van der Waals surface area contributed by atoms with Crippen LogP contribution < -0.4 is 4.72 Å². The number of sulfonamides is 1. The van der Waals surface area contributed by atoms with E-state index in [1.807, 2.05) is 63.2 Å². The van der Waals surface area contributed by atoms with Crippen LogP contribution in [-0.4, -0.2) is 54.1 Å². The number of carbonyl (C=O) groups excluding carboxylic acids is 1. The molecular weight excluding hydrogens is 456 g/mol. The molecule has 6 nitrogen and oxygen atoms in total. The predicted octanol–water partition coefficient (Wildman–Crippen LogP) is 5.15. The average molecular weight is 491 g/mol. The van der Waals surface area contributed by atoms with E-state index in [0.717, 1.165) is 11.1 Å². The molecule has 0 aromatic heterocycles. The molecule has 33 heavy (non-hydrogen) atoms. The van der Waals surface area contributed by atoms with Crippen LogP contribution in [0.5, 0.6) is 0 Å². The molecule has 2 aromatic rings. The van der Waals surface area contributed by atoms with Gasteiger partial charge in [0, 0.05) is 23.1 Å². The van der Waals surface area contributed by atoms with Crippen molar-refractivity contribution in [3.63, 3.8) is 0 Å². The lowest BCUT2D eigenvalue weighted by atomic mass is 10.1. The molecule has 1 aliphatic rings. The molecule has 1 aliphatic heterocycles. The fourth-order valence-electron chi connectivity index (χ4n) is 3.66. The maximum absolute atomic E-state index is 13.2. The highest BCUT2D eigenvalue weighted by Crippen LogP contribution is 2.34. The average Bonchev–Trinajstić information content (AvgIpc) is 3.08. The minimum absolute atomic E-state index is 0.0871. The molecule has 0 aliphatic carbocycles. The molecule has 1 fully saturated rings. The minimum Gasteiger partial charge on any atom is -0.444 e. The summed E-state index contributed by atoms with van der Waals surface area (Å²) in [6.07, 6.45) is -0.420. The highest BCUT2D eigenvalue weighted by molar-refractivity contribution is 8.01. The van der Waals surface area contributed by atoms with Crippen LogP contribution in [0.1, 0.15) is 41.5 Å². The lowest BCUT2D eigenvalue weighted by molar-refractivity contribution is 0.0292. The van der Waals surface area contributed by atoms with E-state index in [4.69, 9.17) is 4.74 Å². The number of hydrogen-bond donors (Lipinski definition) is 1. The number of hydrogen-bond acceptors (Lipinski definition) is 5. The van der Waals surface area contributed by atoms with Crippen molar-refractivity contribution in [2.24, 2.45) is 0 Å². The van der Waals surface area contributed by atoms with Gasteiger partial charge in [-0.3, -0.25) is 0 Å². The molecule has 2 aromatic carbocycles. The Morgan fingerprint density at radius 1 is 0.939 bits per heavy atom. The van der Waals surface area contributed by atoms with Crippen molar-refractivity contribution in [2.45, 2.75) is 68.1 Å². The molecule has 1 amide bonds. The van der Waals surface area contributed by atoms with Gasteiger partial charge in [0.25, 0.3) is 0 Å². The van der Waals surface area contributed by atoms with Crippen LogP contribution in [0.15, 0.2) is 59.5 Å². The van der Waals surface area contributed by atoms with E-state index in [1.165, 1.54) is 0 Å². The van der Waals surface area contributed by atoms with Crippen molar-refractivity contribution in [1.82, 2.24) is 9.62 Å². The maximum Gasteiger partial charge on any atom is 0.410 e. The number of thioether (sulfide) groups is 1. The number of likely N-dealkylation sites (tertiary alicyclic amines) is 1. The van der Waals surface area contributed by atoms with Crippen LogP contribution in [0.25, 0.3) is 11.1 Å². The minimum atomic E-state index is -3.76. The molecule has 1 N–H and O–H groups in total. The Bertz CT molecular complexity index is 1060. The zero-order valence-electron chi connectivity index (χ0n) is 20.2. The summed E-state index contributed by atoms with van der Waals surface area (Å²) in [6, 6.07) is 16.3. The molecule has 2 unspecified atom stereocenters. The second-order valence-electron chi connectivity index (χ2n) is 10.3. The van der Waals surface area contributed by atoms with Crippen LogP contribution >= 0.6 is 11.8 Å². The van der Waals surface area contributed by atoms with Gasteiger partial charge in [0.05, 0.1) is 10.9 Å². The lowest BCUT2D eigenvalue weighted by Gasteiger charge is -2.26. The van der Waals surface area contributed by atoms with Gasteiger partial charge in [-0.15, -0.1) is 11.8 Å². The zero-order valence-corrected chi connectivity index (χ0v) is 21.8. The number of nitrogens with one attached hydrogen (secondary N) is 1. The largest absolute Gasteiger partial charge is 0.444 e. The standard InChI is InChI=1S/C25H34N2O4S2/c1-24(2,3)31-23(28)27-16-21(22(17-27)32-25(4,5)6)26-33(29,30)20-14-12-19(13-15-20)18-10-8-7-9-11-18/h7-15,21-22,26H,16-17H2,1-6H3. The molecule has 0 saturated carbocycles. The fraction of sp³-hybridized carbons (Fsp3) is 0.480. The Hall–Kier alpha value is -2.03. The Morgan fingerprint density at radius 3 is 2.06 bits per heavy atom. The molecular formula is C25H34N2O4S2. The smallest absolute Gasteiger partial charge is 0.410 e. The summed E-state index contributed by atoms with van der Waals surface area (Å²) in [5, 5.41) is -0.0871. The topological polar surface area (TPSA) is 75.7 Å². The van der Waals surface area contributed by atoms with E-state index in [-0.39, 0.29) is 21.4 Å². The fourth-order valence-corrected chi connectivity index (χ4v) is 6.50. The van der Waals surface area contributed by atoms with Gasteiger partial charge in [-0.2, -0.15) is 0 Å². The van der Waals surface area contributed by atoms with Crippen molar-refractivity contribution in [1.29, 1.82) is 0 Å². The number of benzene rings is 2. The quantitative estimate of drug-likeness (QED) is 0.627. The SMILES string of the molecule is CC(C)(C)OC(=O)N1CC(NS(=O)(=O)c2ccc(-c3ccccc3)cc2)C(SC(C)(C)C)C1. The number of amides is 1. The van der Waals surface area contributed by atoms with E-state index < -0.39 is 27.8 Å². The van der Waals surface area contributed by atoms with Crippen LogP contribution in [0.2, 0.25) is 0 Å². The highest BCUT2D eigenvalue weighted by atomic mass is 32.2. The van der Waals surface area contributed by atoms with Gasteiger partial charge in [0.2, 0.25) is 10.0 Å². The number of carbonyl (C=O) groups is 1. The molecule has 1 heterocycles. The normalized spacial score (nSPS) is 19.5. The molecule has 1 saturated heterocycles. The molecule has 8 heteroatoms. The van der Waals surface area contributed by atoms with Gasteiger partial charge in [-0.25, -0.2) is 17.9 Å². The van der Waals surface area contributed by atoms with Crippen molar-refractivity contribution in [2.75, 3.05) is 13.1 Å². The summed E-state index contributed by atoms with van der Waals surface area (Å²) in [5.41, 5.74) is 1.37. The second kappa shape index (κ2) is 9.68. The van der Waals surface area contributed by atoms with Crippen LogP contribution in [0.4, 0.5) is 4.79 Å². The van der Waals surface area contributed by atoms with Crippen molar-refractivity contribution in [3.05, 3.63) is 54.6 Å². The van der Waals surface area contributed by atoms with Crippen LogP contribution in [0.3, 0.4) is 0 Å². The Balaban J connectivity index is 1.78. The van der Waals surface area contributed by atoms with Crippen LogP contribution in [-0.2, 0) is 14.8 Å². The highest BCUT2D eigenvalue weighted by Gasteiger charge is 2.41. The summed E-state index contributed by atoms with van der Waals surface area (Å²) in [6.45, 7) is 12.4. The molecule has 180 valence electrons. The summed E-state index contributed by atoms with van der Waals surface area (Å²) in [5.74, 6) is 0. The Labute approximate surface area is 202 Å². The van der Waals surface area contributed by atoms with E-state index in [1.54, 1.807) is 28.8 Å². The molecule has 2 atom stereocenters. The number of rotatable bonds is 5. The first-order valence-corrected chi connectivity index (χ1v) is 13.4. The number of nitrogens with zero attached hydrogens (tertiary/aromatic N) is 1. The Kier molecular flexibility index (Phi) is 7.51. The molecule has 3 rings (SSSR count). The van der Waals surface area contributed by atoms with Crippen molar-refractivity contribution in [3.8, 4) is 11.1 Å². The van der Waals surface area contributed by atoms with Gasteiger partial charge in [-0.1, -0.05) is 63.2 Å². The third-order valence-corrected chi connectivity index (χ3v) is 7.99. The maximum atomic E-state index is 13.2. The number of ether oxygens (including phenoxy) is 1. The lowest BCUT2D eigenvalue weighted by Crippen LogP contribution is -2.43. The van der Waals surface area contributed by atoms with E-state index in [2.05, 4.69) is 25.5 Å². The monoisotopic (exact) mass is 490 g/mol. The van der Waals surface area contributed by atoms with E-state index in [9.17, 15) is 13.2 Å². The van der Waals surface area contributed by atoms with E-state index >= 15 is 0 Å². The first-order valence-electron chi connectivity index (χ1n) is 11.1. The molecule has 0 bridgehead atoms. The third kappa shape index (κ3) is 7.22. The van der Waals surface area contributed by atoms with Gasteiger partial charge >= 0.3 is 6.09 Å². The van der Waals surface area contributed by atoms with Crippen LogP contribution in [0, 0.1) is 0 Å². The first-order chi connectivity index (χ1) is 15.2. The van der Waals surface area contributed by atoms with Gasteiger partial charge in [0.15, 0.2) is 0 Å². The summed E-state index contributed by atoms with van der Waals surface area (Å²) in [7, 11) is -3.76. The predicted molar refractivity (Wildman–Crippen MR) is 135 cm³/mol. The molecule has 0 radical (unpaired) electrons. The first kappa shape index (κ1) is 25.6. The summed E-state index contributed by atoms with van der Waals surface area (Å²) < 4.78 is 34.7. The Morgan fingerprint density at radius 2 is 1.52 bits per heavy atom. The van der Waals surface area contributed by atoms with Gasteiger partial charge in [0.1, 0.15) is 5.60 Å². The van der Waals surface area contributed by atoms with Gasteiger partial charge in [-0.05, 0) is 44.0 Å². The third-order valence-electron chi connectivity index (χ3n) is 5.00. The van der Waals surface area contributed by atoms with Crippen molar-refractivity contribution < 1.29 is 17.9 Å². The van der Waals surface area contributed by atoms with Crippen molar-refractivity contribution >= 4 is 27.9 Å². The zero-order chi connectivity index (χ0) is 24.4. The van der Waals surface area contributed by atoms with Gasteiger partial charge < -0.3 is 9.64 Å².